The molecule has 7 nitrogen and oxygen atoms in total. The Kier molecular flexibility index (Phi) is 6.43. The van der Waals surface area contributed by atoms with Crippen LogP contribution in [0, 0.1) is 6.92 Å². The average molecular weight is 445 g/mol. The highest BCUT2D eigenvalue weighted by Crippen LogP contribution is 2.31. The molecule has 0 aliphatic heterocycles. The second-order valence-corrected chi connectivity index (χ2v) is 10.1. The van der Waals surface area contributed by atoms with Crippen LogP contribution in [0.5, 0.6) is 5.75 Å². The van der Waals surface area contributed by atoms with Crippen LogP contribution in [0.3, 0.4) is 0 Å². The zero-order valence-corrected chi connectivity index (χ0v) is 19.5. The van der Waals surface area contributed by atoms with Crippen molar-refractivity contribution in [2.75, 3.05) is 26.5 Å². The van der Waals surface area contributed by atoms with Gasteiger partial charge in [0.2, 0.25) is 10.0 Å². The highest BCUT2D eigenvalue weighted by Gasteiger charge is 2.19. The molecular weight excluding hydrogens is 416 g/mol. The van der Waals surface area contributed by atoms with Crippen molar-refractivity contribution in [3.8, 4) is 5.75 Å². The highest BCUT2D eigenvalue weighted by molar-refractivity contribution is 7.89. The quantitative estimate of drug-likeness (QED) is 0.552. The number of methoxy groups -OCH3 is 1. The average Bonchev–Trinajstić information content (AvgIpc) is 2.70. The van der Waals surface area contributed by atoms with Crippen LogP contribution in [0.2, 0.25) is 0 Å². The second-order valence-electron chi connectivity index (χ2n) is 7.95. The van der Waals surface area contributed by atoms with Crippen molar-refractivity contribution in [2.24, 2.45) is 0 Å². The topological polar surface area (TPSA) is 88.9 Å². The minimum atomic E-state index is -3.60. The monoisotopic (exact) mass is 444 g/mol. The van der Waals surface area contributed by atoms with E-state index in [0.717, 1.165) is 20.8 Å². The van der Waals surface area contributed by atoms with E-state index in [1.165, 1.54) is 45.0 Å². The molecule has 3 rings (SSSR count). The summed E-state index contributed by atoms with van der Waals surface area (Å²) in [6, 6.07) is 10.0. The minimum Gasteiger partial charge on any atom is -0.495 e. The van der Waals surface area contributed by atoms with Gasteiger partial charge in [-0.25, -0.2) is 17.5 Å². The van der Waals surface area contributed by atoms with E-state index in [9.17, 15) is 13.2 Å². The molecule has 8 heteroatoms. The Morgan fingerprint density at radius 2 is 1.84 bits per heavy atom. The number of fused-ring (bicyclic) bond motifs is 1. The van der Waals surface area contributed by atoms with Gasteiger partial charge in [-0.15, -0.1) is 0 Å². The van der Waals surface area contributed by atoms with E-state index in [2.05, 4.69) is 25.2 Å². The summed E-state index contributed by atoms with van der Waals surface area (Å²) < 4.78 is 37.0. The van der Waals surface area contributed by atoms with E-state index in [1.807, 2.05) is 13.0 Å². The number of hydrogen-bond acceptors (Lipinski definition) is 6. The molecule has 166 valence electrons. The lowest BCUT2D eigenvalue weighted by atomic mass is 9.95. The molecule has 0 bridgehead atoms. The van der Waals surface area contributed by atoms with Crippen molar-refractivity contribution in [3.05, 3.63) is 63.5 Å². The van der Waals surface area contributed by atoms with Crippen LogP contribution < -0.4 is 15.7 Å². The molecule has 1 heterocycles. The van der Waals surface area contributed by atoms with Gasteiger partial charge in [0.15, 0.2) is 0 Å². The lowest BCUT2D eigenvalue weighted by Crippen LogP contribution is -2.22. The van der Waals surface area contributed by atoms with Gasteiger partial charge in [-0.3, -0.25) is 0 Å². The van der Waals surface area contributed by atoms with Crippen molar-refractivity contribution >= 4 is 26.7 Å². The van der Waals surface area contributed by atoms with Gasteiger partial charge in [0.1, 0.15) is 11.3 Å². The van der Waals surface area contributed by atoms with Crippen LogP contribution in [-0.2, 0) is 16.6 Å². The van der Waals surface area contributed by atoms with Crippen LogP contribution in [0.15, 0.2) is 50.5 Å². The van der Waals surface area contributed by atoms with Crippen molar-refractivity contribution in [3.63, 3.8) is 0 Å². The Balaban J connectivity index is 2.04. The SMILES string of the molecule is COc1ccc(S(=O)(=O)N(C)C)cc1NCc1cc(=O)oc2cc(C)c(C(C)C)cc12. The maximum atomic E-state index is 12.5. The summed E-state index contributed by atoms with van der Waals surface area (Å²) in [5.74, 6) is 0.828. The van der Waals surface area contributed by atoms with Crippen LogP contribution in [0.1, 0.15) is 36.5 Å². The molecule has 0 amide bonds. The molecule has 0 fully saturated rings. The number of aryl methyl sites for hydroxylation is 1. The first-order valence-corrected chi connectivity index (χ1v) is 11.4. The lowest BCUT2D eigenvalue weighted by molar-refractivity contribution is 0.416. The molecule has 0 atom stereocenters. The van der Waals surface area contributed by atoms with Crippen molar-refractivity contribution < 1.29 is 17.6 Å². The maximum Gasteiger partial charge on any atom is 0.336 e. The van der Waals surface area contributed by atoms with Crippen LogP contribution >= 0.6 is 0 Å². The third kappa shape index (κ3) is 4.60. The largest absolute Gasteiger partial charge is 0.495 e. The Labute approximate surface area is 182 Å². The molecule has 0 saturated carbocycles. The number of rotatable bonds is 7. The summed E-state index contributed by atoms with van der Waals surface area (Å²) >= 11 is 0. The molecule has 0 radical (unpaired) electrons. The molecule has 0 spiro atoms. The number of hydrogen-bond donors (Lipinski definition) is 1. The zero-order valence-electron chi connectivity index (χ0n) is 18.6. The van der Waals surface area contributed by atoms with E-state index < -0.39 is 15.6 Å². The Bertz CT molecular complexity index is 1280. The van der Waals surface area contributed by atoms with Gasteiger partial charge >= 0.3 is 5.63 Å². The zero-order chi connectivity index (χ0) is 22.9. The molecule has 0 aliphatic rings. The van der Waals surface area contributed by atoms with Gasteiger partial charge < -0.3 is 14.5 Å². The fourth-order valence-corrected chi connectivity index (χ4v) is 4.48. The first kappa shape index (κ1) is 22.8. The molecule has 0 aliphatic carbocycles. The number of nitrogens with one attached hydrogen (secondary N) is 1. The smallest absolute Gasteiger partial charge is 0.336 e. The van der Waals surface area contributed by atoms with Crippen LogP contribution in [0.4, 0.5) is 5.69 Å². The van der Waals surface area contributed by atoms with Gasteiger partial charge in [-0.05, 0) is 59.9 Å². The van der Waals surface area contributed by atoms with E-state index in [1.54, 1.807) is 6.07 Å². The molecule has 1 aromatic heterocycles. The Morgan fingerprint density at radius 1 is 1.13 bits per heavy atom. The van der Waals surface area contributed by atoms with Crippen molar-refractivity contribution in [1.29, 1.82) is 0 Å². The summed E-state index contributed by atoms with van der Waals surface area (Å²) in [5, 5.41) is 4.07. The molecular formula is C23H28N2O5S. The highest BCUT2D eigenvalue weighted by atomic mass is 32.2. The van der Waals surface area contributed by atoms with E-state index in [0.29, 0.717) is 29.5 Å². The molecule has 1 N–H and O–H groups in total. The fourth-order valence-electron chi connectivity index (χ4n) is 3.55. The van der Waals surface area contributed by atoms with Crippen molar-refractivity contribution in [2.45, 2.75) is 38.1 Å². The number of ether oxygens (including phenoxy) is 1. The summed E-state index contributed by atoms with van der Waals surface area (Å²) in [5.41, 5.74) is 3.62. The first-order chi connectivity index (χ1) is 14.5. The molecule has 0 saturated heterocycles. The third-order valence-corrected chi connectivity index (χ3v) is 7.07. The van der Waals surface area contributed by atoms with Gasteiger partial charge in [0, 0.05) is 32.1 Å². The predicted octanol–water partition coefficient (Wildman–Crippen LogP) is 4.10. The van der Waals surface area contributed by atoms with E-state index in [-0.39, 0.29) is 4.90 Å². The summed E-state index contributed by atoms with van der Waals surface area (Å²) in [7, 11) is 0.888. The van der Waals surface area contributed by atoms with Gasteiger partial charge in [0.05, 0.1) is 17.7 Å². The minimum absolute atomic E-state index is 0.149. The maximum absolute atomic E-state index is 12.5. The van der Waals surface area contributed by atoms with Crippen LogP contribution in [0.25, 0.3) is 11.0 Å². The standard InChI is InChI=1S/C23H28N2O5S/c1-14(2)18-12-19-16(10-23(26)30-22(19)9-15(18)3)13-24-20-11-17(7-8-21(20)29-6)31(27,28)25(4)5/h7-12,14,24H,13H2,1-6H3. The number of sulfonamides is 1. The number of anilines is 1. The number of nitrogens with zero attached hydrogens (tertiary/aromatic N) is 1. The normalized spacial score (nSPS) is 12.0. The number of benzene rings is 2. The van der Waals surface area contributed by atoms with Crippen molar-refractivity contribution in [1.82, 2.24) is 4.31 Å². The molecule has 3 aromatic rings. The van der Waals surface area contributed by atoms with Gasteiger partial charge in [-0.1, -0.05) is 13.8 Å². The summed E-state index contributed by atoms with van der Waals surface area (Å²) in [4.78, 5) is 12.3. The fraction of sp³-hybridized carbons (Fsp3) is 0.348. The molecule has 2 aromatic carbocycles. The molecule has 0 unspecified atom stereocenters. The Morgan fingerprint density at radius 3 is 2.45 bits per heavy atom. The van der Waals surface area contributed by atoms with E-state index in [4.69, 9.17) is 9.15 Å². The van der Waals surface area contributed by atoms with E-state index >= 15 is 0 Å². The van der Waals surface area contributed by atoms with Gasteiger partial charge in [-0.2, -0.15) is 0 Å². The third-order valence-electron chi connectivity index (χ3n) is 5.26. The summed E-state index contributed by atoms with van der Waals surface area (Å²) in [6.45, 7) is 6.53. The summed E-state index contributed by atoms with van der Waals surface area (Å²) in [6.07, 6.45) is 0. The van der Waals surface area contributed by atoms with Gasteiger partial charge in [0.25, 0.3) is 0 Å². The Hall–Kier alpha value is -2.84. The molecule has 31 heavy (non-hydrogen) atoms. The second kappa shape index (κ2) is 8.72. The van der Waals surface area contributed by atoms with Crippen LogP contribution in [-0.4, -0.2) is 33.9 Å². The predicted molar refractivity (Wildman–Crippen MR) is 123 cm³/mol. The first-order valence-electron chi connectivity index (χ1n) is 9.96. The lowest BCUT2D eigenvalue weighted by Gasteiger charge is -2.17.